The molecule has 1 fully saturated rings. The Balaban J connectivity index is 2.41. The molecule has 0 saturated carbocycles. The minimum absolute atomic E-state index is 0.453. The molecule has 5 nitrogen and oxygen atoms in total. The van der Waals surface area contributed by atoms with Gasteiger partial charge in [-0.25, -0.2) is 4.79 Å². The van der Waals surface area contributed by atoms with E-state index in [9.17, 15) is 4.79 Å². The molecule has 0 amide bonds. The fourth-order valence-electron chi connectivity index (χ4n) is 2.17. The second kappa shape index (κ2) is 5.78. The Bertz CT molecular complexity index is 591. The molecular formula is C16H21BO5. The van der Waals surface area contributed by atoms with Gasteiger partial charge in [-0.05, 0) is 56.9 Å². The zero-order valence-electron chi connectivity index (χ0n) is 13.5. The van der Waals surface area contributed by atoms with E-state index in [1.807, 2.05) is 33.8 Å². The van der Waals surface area contributed by atoms with Gasteiger partial charge in [0, 0.05) is 6.08 Å². The standard InChI is InChI=1S/C16H21BO5/c1-15(2)16(3,4)22-17(21-15)13-8-7-12(20-5)10-11(13)6-9-14(18)19/h6-10H,1-5H3,(H,18,19). The third kappa shape index (κ3) is 3.18. The van der Waals surface area contributed by atoms with E-state index in [0.29, 0.717) is 11.3 Å². The van der Waals surface area contributed by atoms with Gasteiger partial charge in [-0.3, -0.25) is 0 Å². The molecule has 0 unspecified atom stereocenters. The summed E-state index contributed by atoms with van der Waals surface area (Å²) >= 11 is 0. The van der Waals surface area contributed by atoms with Crippen LogP contribution in [0.25, 0.3) is 6.08 Å². The van der Waals surface area contributed by atoms with Crippen molar-refractivity contribution in [3.63, 3.8) is 0 Å². The smallest absolute Gasteiger partial charge is 0.495 e. The van der Waals surface area contributed by atoms with Crippen molar-refractivity contribution in [3.8, 4) is 5.75 Å². The number of methoxy groups -OCH3 is 1. The quantitative estimate of drug-likeness (QED) is 0.681. The van der Waals surface area contributed by atoms with Crippen LogP contribution in [-0.2, 0) is 14.1 Å². The van der Waals surface area contributed by atoms with Gasteiger partial charge in [-0.1, -0.05) is 6.07 Å². The molecule has 0 bridgehead atoms. The zero-order chi connectivity index (χ0) is 16.5. The number of carboxylic acid groups (broad SMARTS) is 1. The van der Waals surface area contributed by atoms with Gasteiger partial charge in [-0.2, -0.15) is 0 Å². The fraction of sp³-hybridized carbons (Fsp3) is 0.438. The summed E-state index contributed by atoms with van der Waals surface area (Å²) in [6.07, 6.45) is 2.61. The minimum atomic E-state index is -1.01. The van der Waals surface area contributed by atoms with Crippen LogP contribution in [0.4, 0.5) is 0 Å². The van der Waals surface area contributed by atoms with E-state index in [1.165, 1.54) is 6.08 Å². The molecular weight excluding hydrogens is 283 g/mol. The van der Waals surface area contributed by atoms with Gasteiger partial charge < -0.3 is 19.2 Å². The van der Waals surface area contributed by atoms with E-state index in [0.717, 1.165) is 11.5 Å². The molecule has 0 radical (unpaired) electrons. The van der Waals surface area contributed by atoms with Crippen molar-refractivity contribution in [1.29, 1.82) is 0 Å². The maximum absolute atomic E-state index is 10.8. The number of carboxylic acids is 1. The molecule has 1 saturated heterocycles. The monoisotopic (exact) mass is 304 g/mol. The van der Waals surface area contributed by atoms with Crippen molar-refractivity contribution in [2.24, 2.45) is 0 Å². The predicted molar refractivity (Wildman–Crippen MR) is 85.4 cm³/mol. The number of benzene rings is 1. The van der Waals surface area contributed by atoms with Crippen LogP contribution in [-0.4, -0.2) is 36.5 Å². The second-order valence-electron chi connectivity index (χ2n) is 6.25. The average molecular weight is 304 g/mol. The molecule has 1 aromatic rings. The lowest BCUT2D eigenvalue weighted by molar-refractivity contribution is -0.131. The highest BCUT2D eigenvalue weighted by Crippen LogP contribution is 2.36. The Morgan fingerprint density at radius 2 is 1.82 bits per heavy atom. The molecule has 118 valence electrons. The fourth-order valence-corrected chi connectivity index (χ4v) is 2.17. The highest BCUT2D eigenvalue weighted by atomic mass is 16.7. The first kappa shape index (κ1) is 16.6. The van der Waals surface area contributed by atoms with Crippen LogP contribution >= 0.6 is 0 Å². The highest BCUT2D eigenvalue weighted by molar-refractivity contribution is 6.63. The Morgan fingerprint density at radius 1 is 1.23 bits per heavy atom. The molecule has 1 aliphatic rings. The normalized spacial score (nSPS) is 19.6. The van der Waals surface area contributed by atoms with E-state index in [2.05, 4.69) is 0 Å². The lowest BCUT2D eigenvalue weighted by atomic mass is 9.75. The lowest BCUT2D eigenvalue weighted by Crippen LogP contribution is -2.41. The molecule has 1 aliphatic heterocycles. The van der Waals surface area contributed by atoms with Crippen LogP contribution in [0, 0.1) is 0 Å². The van der Waals surface area contributed by atoms with Gasteiger partial charge in [0.15, 0.2) is 0 Å². The van der Waals surface area contributed by atoms with Crippen molar-refractivity contribution < 1.29 is 23.9 Å². The lowest BCUT2D eigenvalue weighted by Gasteiger charge is -2.32. The molecule has 1 heterocycles. The van der Waals surface area contributed by atoms with Gasteiger partial charge >= 0.3 is 13.1 Å². The molecule has 1 aromatic carbocycles. The molecule has 0 spiro atoms. The maximum Gasteiger partial charge on any atom is 0.495 e. The Labute approximate surface area is 131 Å². The predicted octanol–water partition coefficient (Wildman–Crippen LogP) is 2.09. The van der Waals surface area contributed by atoms with Crippen LogP contribution in [0.5, 0.6) is 5.75 Å². The number of hydrogen-bond donors (Lipinski definition) is 1. The van der Waals surface area contributed by atoms with Gasteiger partial charge in [-0.15, -0.1) is 0 Å². The molecule has 6 heteroatoms. The van der Waals surface area contributed by atoms with Crippen molar-refractivity contribution >= 4 is 24.6 Å². The third-order valence-corrected chi connectivity index (χ3v) is 4.21. The zero-order valence-corrected chi connectivity index (χ0v) is 13.5. The number of aliphatic carboxylic acids is 1. The summed E-state index contributed by atoms with van der Waals surface area (Å²) in [5, 5.41) is 8.84. The first-order chi connectivity index (χ1) is 10.2. The summed E-state index contributed by atoms with van der Waals surface area (Å²) in [6, 6.07) is 5.40. The summed E-state index contributed by atoms with van der Waals surface area (Å²) in [4.78, 5) is 10.8. The summed E-state index contributed by atoms with van der Waals surface area (Å²) in [7, 11) is 1.01. The van der Waals surface area contributed by atoms with Crippen LogP contribution < -0.4 is 10.2 Å². The largest absolute Gasteiger partial charge is 0.497 e. The van der Waals surface area contributed by atoms with E-state index in [-0.39, 0.29) is 0 Å². The van der Waals surface area contributed by atoms with Gasteiger partial charge in [0.05, 0.1) is 18.3 Å². The van der Waals surface area contributed by atoms with E-state index >= 15 is 0 Å². The van der Waals surface area contributed by atoms with Crippen molar-refractivity contribution in [1.82, 2.24) is 0 Å². The summed E-state index contributed by atoms with van der Waals surface area (Å²) < 4.78 is 17.3. The first-order valence-electron chi connectivity index (χ1n) is 7.11. The third-order valence-electron chi connectivity index (χ3n) is 4.21. The molecule has 0 aromatic heterocycles. The van der Waals surface area contributed by atoms with Crippen LogP contribution in [0.15, 0.2) is 24.3 Å². The van der Waals surface area contributed by atoms with Crippen LogP contribution in [0.3, 0.4) is 0 Å². The molecule has 1 N–H and O–H groups in total. The molecule has 0 aliphatic carbocycles. The van der Waals surface area contributed by atoms with Gasteiger partial charge in [0.2, 0.25) is 0 Å². The summed E-state index contributed by atoms with van der Waals surface area (Å²) in [5.41, 5.74) is 0.564. The first-order valence-corrected chi connectivity index (χ1v) is 7.11. The molecule has 0 atom stereocenters. The number of ether oxygens (including phenoxy) is 1. The van der Waals surface area contributed by atoms with Crippen molar-refractivity contribution in [3.05, 3.63) is 29.8 Å². The SMILES string of the molecule is COc1ccc(B2OC(C)(C)C(C)(C)O2)c(C=CC(=O)O)c1. The summed E-state index contributed by atoms with van der Waals surface area (Å²) in [6.45, 7) is 7.90. The van der Waals surface area contributed by atoms with Gasteiger partial charge in [0.25, 0.3) is 0 Å². The van der Waals surface area contributed by atoms with Crippen LogP contribution in [0.1, 0.15) is 33.3 Å². The molecule has 2 rings (SSSR count). The Hall–Kier alpha value is -1.79. The Kier molecular flexibility index (Phi) is 4.36. The van der Waals surface area contributed by atoms with Crippen LogP contribution in [0.2, 0.25) is 0 Å². The average Bonchev–Trinajstić information content (AvgIpc) is 2.64. The topological polar surface area (TPSA) is 65.0 Å². The van der Waals surface area contributed by atoms with E-state index in [4.69, 9.17) is 19.2 Å². The van der Waals surface area contributed by atoms with Gasteiger partial charge in [0.1, 0.15) is 5.75 Å². The molecule has 22 heavy (non-hydrogen) atoms. The van der Waals surface area contributed by atoms with Crippen molar-refractivity contribution in [2.45, 2.75) is 38.9 Å². The highest BCUT2D eigenvalue weighted by Gasteiger charge is 2.52. The second-order valence-corrected chi connectivity index (χ2v) is 6.25. The number of carbonyl (C=O) groups is 1. The number of hydrogen-bond acceptors (Lipinski definition) is 4. The van der Waals surface area contributed by atoms with E-state index < -0.39 is 24.3 Å². The Morgan fingerprint density at radius 3 is 2.32 bits per heavy atom. The van der Waals surface area contributed by atoms with E-state index in [1.54, 1.807) is 19.2 Å². The summed E-state index contributed by atoms with van der Waals surface area (Å²) in [5.74, 6) is -0.368. The number of rotatable bonds is 4. The minimum Gasteiger partial charge on any atom is -0.497 e. The van der Waals surface area contributed by atoms with Crippen molar-refractivity contribution in [2.75, 3.05) is 7.11 Å². The maximum atomic E-state index is 10.8.